The van der Waals surface area contributed by atoms with E-state index < -0.39 is 53.1 Å². The lowest BCUT2D eigenvalue weighted by atomic mass is 10.0. The first kappa shape index (κ1) is 33.2. The lowest BCUT2D eigenvalue weighted by molar-refractivity contribution is -0.145. The van der Waals surface area contributed by atoms with Gasteiger partial charge in [0, 0.05) is 24.4 Å². The molecule has 3 heterocycles. The highest BCUT2D eigenvalue weighted by Gasteiger charge is 2.61. The molecule has 0 radical (unpaired) electrons. The van der Waals surface area contributed by atoms with Gasteiger partial charge in [-0.15, -0.1) is 0 Å². The third-order valence-corrected chi connectivity index (χ3v) is 8.89. The molecule has 2 aliphatic heterocycles. The first-order valence-electron chi connectivity index (χ1n) is 16.4. The Labute approximate surface area is 269 Å². The van der Waals surface area contributed by atoms with Gasteiger partial charge in [-0.2, -0.15) is 15.0 Å². The minimum absolute atomic E-state index is 0.126. The Hall–Kier alpha value is -4.22. The molecule has 0 bridgehead atoms. The fourth-order valence-electron chi connectivity index (χ4n) is 6.44. The van der Waals surface area contributed by atoms with Crippen LogP contribution in [0.5, 0.6) is 0 Å². The predicted octanol–water partition coefficient (Wildman–Crippen LogP) is 4.41. The molecule has 3 N–H and O–H groups in total. The van der Waals surface area contributed by atoms with Crippen LogP contribution < -0.4 is 10.6 Å². The second kappa shape index (κ2) is 13.6. The van der Waals surface area contributed by atoms with Crippen LogP contribution >= 0.6 is 0 Å². The van der Waals surface area contributed by atoms with E-state index in [1.807, 2.05) is 42.5 Å². The Bertz CT molecular complexity index is 1470. The van der Waals surface area contributed by atoms with E-state index in [-0.39, 0.29) is 18.9 Å². The average molecular weight is 635 g/mol. The number of ether oxygens (including phenoxy) is 1. The minimum Gasteiger partial charge on any atom is -0.479 e. The number of aliphatic carboxylic acids is 1. The highest BCUT2D eigenvalue weighted by atomic mass is 16.6. The van der Waals surface area contributed by atoms with E-state index in [0.717, 1.165) is 42.6 Å². The van der Waals surface area contributed by atoms with Gasteiger partial charge in [0.1, 0.15) is 28.9 Å². The molecule has 5 atom stereocenters. The van der Waals surface area contributed by atoms with Crippen molar-refractivity contribution in [3.8, 4) is 11.3 Å². The minimum atomic E-state index is -1.41. The number of nitrogens with one attached hydrogen (secondary N) is 2. The number of fused-ring (bicyclic) bond motifs is 2. The van der Waals surface area contributed by atoms with E-state index in [1.165, 1.54) is 4.90 Å². The van der Waals surface area contributed by atoms with E-state index in [1.54, 1.807) is 25.6 Å². The SMILES string of the molecule is CCCc1nn([C@H]2C[C@H]3C(=O)N[C@]4(C(=O)O)C[C@H]4/C=C\CCCCC[C@H](NC(=O)OC(C)(C)C)C(=O)N3C2)nc1-c1ccccc1. The maximum Gasteiger partial charge on any atom is 0.408 e. The van der Waals surface area contributed by atoms with Crippen molar-refractivity contribution in [2.45, 2.75) is 115 Å². The van der Waals surface area contributed by atoms with Crippen molar-refractivity contribution in [3.63, 3.8) is 0 Å². The number of alkyl carbamates (subject to hydrolysis) is 1. The van der Waals surface area contributed by atoms with Crippen LogP contribution in [0.15, 0.2) is 42.5 Å². The number of aryl methyl sites for hydroxylation is 1. The number of carbonyl (C=O) groups is 4. The Morgan fingerprint density at radius 2 is 1.89 bits per heavy atom. The van der Waals surface area contributed by atoms with Gasteiger partial charge in [0.25, 0.3) is 0 Å². The van der Waals surface area contributed by atoms with Crippen LogP contribution in [0.2, 0.25) is 0 Å². The maximum atomic E-state index is 14.3. The van der Waals surface area contributed by atoms with E-state index in [2.05, 4.69) is 17.6 Å². The molecule has 1 aromatic heterocycles. The zero-order chi connectivity index (χ0) is 33.1. The number of amides is 3. The first-order valence-corrected chi connectivity index (χ1v) is 16.4. The highest BCUT2D eigenvalue weighted by Crippen LogP contribution is 2.45. The molecule has 1 aromatic carbocycles. The highest BCUT2D eigenvalue weighted by molar-refractivity contribution is 5.96. The van der Waals surface area contributed by atoms with Crippen molar-refractivity contribution in [2.24, 2.45) is 5.92 Å². The zero-order valence-corrected chi connectivity index (χ0v) is 27.2. The quantitative estimate of drug-likeness (QED) is 0.395. The lowest BCUT2D eigenvalue weighted by Gasteiger charge is -2.30. The second-order valence-electron chi connectivity index (χ2n) is 13.7. The van der Waals surface area contributed by atoms with Crippen LogP contribution in [-0.2, 0) is 25.5 Å². The number of carboxylic acid groups (broad SMARTS) is 1. The topological polar surface area (TPSA) is 156 Å². The molecular weight excluding hydrogens is 588 g/mol. The van der Waals surface area contributed by atoms with Crippen LogP contribution in [0.25, 0.3) is 11.3 Å². The Morgan fingerprint density at radius 3 is 2.59 bits per heavy atom. The summed E-state index contributed by atoms with van der Waals surface area (Å²) in [5.41, 5.74) is 0.343. The molecule has 1 saturated carbocycles. The number of benzene rings is 1. The van der Waals surface area contributed by atoms with Gasteiger partial charge in [0.05, 0.1) is 11.7 Å². The summed E-state index contributed by atoms with van der Waals surface area (Å²) in [7, 11) is 0. The Kier molecular flexibility index (Phi) is 9.83. The molecule has 12 heteroatoms. The molecule has 46 heavy (non-hydrogen) atoms. The number of carboxylic acids is 1. The van der Waals surface area contributed by atoms with E-state index in [9.17, 15) is 24.3 Å². The van der Waals surface area contributed by atoms with Gasteiger partial charge < -0.3 is 25.4 Å². The molecule has 2 aromatic rings. The molecule has 5 rings (SSSR count). The summed E-state index contributed by atoms with van der Waals surface area (Å²) in [6, 6.07) is 7.42. The van der Waals surface area contributed by atoms with Gasteiger partial charge in [-0.1, -0.05) is 68.7 Å². The number of aromatic nitrogens is 3. The molecular formula is C34H46N6O6. The molecule has 1 aliphatic carbocycles. The number of allylic oxidation sites excluding steroid dienone is 1. The van der Waals surface area contributed by atoms with Crippen molar-refractivity contribution >= 4 is 23.9 Å². The fourth-order valence-corrected chi connectivity index (χ4v) is 6.44. The van der Waals surface area contributed by atoms with Crippen molar-refractivity contribution in [1.82, 2.24) is 30.5 Å². The summed E-state index contributed by atoms with van der Waals surface area (Å²) < 4.78 is 5.48. The van der Waals surface area contributed by atoms with Gasteiger partial charge in [-0.25, -0.2) is 9.59 Å². The summed E-state index contributed by atoms with van der Waals surface area (Å²) in [5, 5.41) is 25.4. The second-order valence-corrected chi connectivity index (χ2v) is 13.7. The fraction of sp³-hybridized carbons (Fsp3) is 0.588. The number of hydrogen-bond acceptors (Lipinski definition) is 7. The van der Waals surface area contributed by atoms with E-state index >= 15 is 0 Å². The number of carbonyl (C=O) groups excluding carboxylic acids is 3. The van der Waals surface area contributed by atoms with E-state index in [4.69, 9.17) is 14.9 Å². The molecule has 1 saturated heterocycles. The van der Waals surface area contributed by atoms with Crippen LogP contribution in [0.1, 0.15) is 90.8 Å². The summed E-state index contributed by atoms with van der Waals surface area (Å²) in [4.78, 5) is 56.6. The monoisotopic (exact) mass is 634 g/mol. The molecule has 2 fully saturated rings. The Morgan fingerprint density at radius 1 is 1.13 bits per heavy atom. The third-order valence-electron chi connectivity index (χ3n) is 8.89. The van der Waals surface area contributed by atoms with Crippen LogP contribution in [0.4, 0.5) is 4.79 Å². The van der Waals surface area contributed by atoms with Gasteiger partial charge >= 0.3 is 12.1 Å². The summed E-state index contributed by atoms with van der Waals surface area (Å²) in [6.07, 6.45) is 8.70. The number of hydrogen-bond donors (Lipinski definition) is 3. The van der Waals surface area contributed by atoms with Crippen molar-refractivity contribution in [1.29, 1.82) is 0 Å². The largest absolute Gasteiger partial charge is 0.479 e. The molecule has 3 aliphatic rings. The van der Waals surface area contributed by atoms with Crippen LogP contribution in [0, 0.1) is 5.92 Å². The molecule has 0 unspecified atom stereocenters. The van der Waals surface area contributed by atoms with Crippen molar-refractivity contribution in [3.05, 3.63) is 48.2 Å². The maximum absolute atomic E-state index is 14.3. The smallest absolute Gasteiger partial charge is 0.408 e. The summed E-state index contributed by atoms with van der Waals surface area (Å²) in [5.74, 6) is -2.37. The number of nitrogens with zero attached hydrogens (tertiary/aromatic N) is 4. The lowest BCUT2D eigenvalue weighted by Crippen LogP contribution is -2.56. The van der Waals surface area contributed by atoms with Gasteiger partial charge in [-0.3, -0.25) is 9.59 Å². The normalized spacial score (nSPS) is 27.8. The van der Waals surface area contributed by atoms with Gasteiger partial charge in [-0.05, 0) is 52.9 Å². The molecule has 248 valence electrons. The molecule has 0 spiro atoms. The molecule has 3 amide bonds. The average Bonchev–Trinajstić information content (AvgIpc) is 3.31. The van der Waals surface area contributed by atoms with Gasteiger partial charge in [0.2, 0.25) is 11.8 Å². The Balaban J connectivity index is 1.48. The summed E-state index contributed by atoms with van der Waals surface area (Å²) in [6.45, 7) is 7.45. The van der Waals surface area contributed by atoms with Crippen molar-refractivity contribution < 1.29 is 29.0 Å². The van der Waals surface area contributed by atoms with Crippen molar-refractivity contribution in [2.75, 3.05) is 6.54 Å². The number of rotatable bonds is 6. The zero-order valence-electron chi connectivity index (χ0n) is 27.2. The van der Waals surface area contributed by atoms with Crippen LogP contribution in [-0.4, -0.2) is 78.6 Å². The molecule has 12 nitrogen and oxygen atoms in total. The van der Waals surface area contributed by atoms with E-state index in [0.29, 0.717) is 25.7 Å². The predicted molar refractivity (Wildman–Crippen MR) is 171 cm³/mol. The standard InChI is InChI=1S/C34H46N6O6/c1-5-14-25-28(22-15-10-9-11-16-22)38-40(37-25)24-19-27-29(41)36-34(31(43)44)20-23(34)17-12-7-6-8-13-18-26(30(42)39(27)21-24)35-32(45)46-33(2,3)4/h9-12,15-17,23-24,26-27H,5-8,13-14,18-21H2,1-4H3,(H,35,45)(H,36,41)(H,43,44)/b17-12-/t23-,24+,26+,27+,34-/m1/s1. The summed E-state index contributed by atoms with van der Waals surface area (Å²) >= 11 is 0. The third kappa shape index (κ3) is 7.42. The van der Waals surface area contributed by atoms with Crippen LogP contribution in [0.3, 0.4) is 0 Å². The first-order chi connectivity index (χ1) is 21.9. The van der Waals surface area contributed by atoms with Gasteiger partial charge in [0.15, 0.2) is 0 Å².